The van der Waals surface area contributed by atoms with Crippen LogP contribution in [0, 0.1) is 0 Å². The molecule has 6 rings (SSSR count). The lowest BCUT2D eigenvalue weighted by molar-refractivity contribution is -0.271. The Kier molecular flexibility index (Phi) is 23.3. The van der Waals surface area contributed by atoms with E-state index >= 15 is 0 Å². The van der Waals surface area contributed by atoms with Gasteiger partial charge in [0.15, 0.2) is 6.10 Å². The molecule has 0 saturated carbocycles. The minimum Gasteiger partial charge on any atom is -0.481 e. The first-order valence-corrected chi connectivity index (χ1v) is 27.5. The summed E-state index contributed by atoms with van der Waals surface area (Å²) in [7, 11) is 0. The van der Waals surface area contributed by atoms with Crippen LogP contribution in [0.15, 0.2) is 59.2 Å². The van der Waals surface area contributed by atoms with E-state index in [0.29, 0.717) is 53.3 Å². The maximum absolute atomic E-state index is 13.6. The number of carboxylic acid groups (broad SMARTS) is 3. The van der Waals surface area contributed by atoms with Crippen molar-refractivity contribution in [3.05, 3.63) is 82.2 Å². The number of anilines is 2. The molecule has 0 unspecified atom stereocenters. The fourth-order valence-corrected chi connectivity index (χ4v) is 9.24. The first-order chi connectivity index (χ1) is 40.5. The van der Waals surface area contributed by atoms with Gasteiger partial charge in [0.1, 0.15) is 48.6 Å². The molecule has 13 N–H and O–H groups in total. The lowest BCUT2D eigenvalue weighted by Crippen LogP contribution is -2.61. The second-order valence-corrected chi connectivity index (χ2v) is 20.2. The lowest BCUT2D eigenvalue weighted by atomic mass is 9.99. The topological polar surface area (TPSA) is 438 Å². The van der Waals surface area contributed by atoms with Gasteiger partial charge < -0.3 is 87.0 Å². The molecule has 85 heavy (non-hydrogen) atoms. The summed E-state index contributed by atoms with van der Waals surface area (Å²) in [6.45, 7) is 6.08. The van der Waals surface area contributed by atoms with E-state index in [-0.39, 0.29) is 66.7 Å². The van der Waals surface area contributed by atoms with Gasteiger partial charge in [0.05, 0.1) is 29.8 Å². The molecule has 2 aromatic carbocycles. The van der Waals surface area contributed by atoms with Crippen LogP contribution in [0.3, 0.4) is 0 Å². The van der Waals surface area contributed by atoms with Gasteiger partial charge >= 0.3 is 24.0 Å². The summed E-state index contributed by atoms with van der Waals surface area (Å²) in [5.41, 5.74) is 9.72. The van der Waals surface area contributed by atoms with Crippen molar-refractivity contribution in [3.8, 4) is 5.75 Å². The second-order valence-electron chi connectivity index (χ2n) is 20.2. The van der Waals surface area contributed by atoms with E-state index in [1.165, 1.54) is 36.2 Å². The number of carboxylic acids is 3. The number of nitrogens with two attached hydrogens (primary N) is 1. The summed E-state index contributed by atoms with van der Waals surface area (Å²) in [4.78, 5) is 140. The van der Waals surface area contributed by atoms with Crippen LogP contribution < -0.4 is 37.1 Å². The molecular weight excluding hydrogens is 1120 g/mol. The van der Waals surface area contributed by atoms with Gasteiger partial charge in [0, 0.05) is 87.1 Å². The maximum atomic E-state index is 13.6. The minimum atomic E-state index is -2.06. The average Bonchev–Trinajstić information content (AvgIpc) is 3.57. The summed E-state index contributed by atoms with van der Waals surface area (Å²) >= 11 is 0. The number of rotatable bonds is 27. The molecule has 458 valence electrons. The van der Waals surface area contributed by atoms with Crippen LogP contribution in [0.1, 0.15) is 111 Å². The van der Waals surface area contributed by atoms with E-state index in [1.807, 2.05) is 13.8 Å². The Morgan fingerprint density at radius 3 is 2.16 bits per heavy atom. The zero-order valence-corrected chi connectivity index (χ0v) is 46.9. The van der Waals surface area contributed by atoms with Gasteiger partial charge in [0.25, 0.3) is 5.91 Å². The van der Waals surface area contributed by atoms with Gasteiger partial charge in [-0.05, 0) is 73.2 Å². The average molecular weight is 1190 g/mol. The summed E-state index contributed by atoms with van der Waals surface area (Å²) in [5, 5.41) is 72.0. The van der Waals surface area contributed by atoms with Crippen molar-refractivity contribution in [1.29, 1.82) is 0 Å². The Bertz CT molecular complexity index is 3070. The number of pyridine rings is 1. The first kappa shape index (κ1) is 65.1. The van der Waals surface area contributed by atoms with E-state index in [9.17, 15) is 73.5 Å². The van der Waals surface area contributed by atoms with E-state index in [0.717, 1.165) is 12.8 Å². The number of benzene rings is 2. The van der Waals surface area contributed by atoms with Gasteiger partial charge in [-0.2, -0.15) is 0 Å². The number of nitrogens with zero attached hydrogens (tertiary/aromatic N) is 4. The summed E-state index contributed by atoms with van der Waals surface area (Å²) in [6, 6.07) is 7.58. The van der Waals surface area contributed by atoms with Crippen molar-refractivity contribution >= 4 is 88.4 Å². The van der Waals surface area contributed by atoms with E-state index < -0.39 is 135 Å². The number of ether oxygens (including phenoxy) is 3. The number of nitrogens with one attached hydrogen (secondary N) is 5. The fourth-order valence-electron chi connectivity index (χ4n) is 9.24. The highest BCUT2D eigenvalue weighted by Gasteiger charge is 2.48. The molecule has 1 aromatic heterocycles. The summed E-state index contributed by atoms with van der Waals surface area (Å²) in [5.74, 6) is -8.27. The van der Waals surface area contributed by atoms with Gasteiger partial charge in [0.2, 0.25) is 35.8 Å². The number of aliphatic imine (C=N–C) groups is 1. The first-order valence-electron chi connectivity index (χ1n) is 27.5. The molecule has 3 aromatic rings. The molecule has 0 spiro atoms. The fraction of sp³-hybridized carbons (Fsp3) is 0.464. The molecule has 7 amide bonds. The minimum absolute atomic E-state index is 0.0302. The van der Waals surface area contributed by atoms with Crippen LogP contribution in [0.25, 0.3) is 6.08 Å². The molecule has 0 bridgehead atoms. The Morgan fingerprint density at radius 1 is 0.812 bits per heavy atom. The molecule has 29 nitrogen and oxygen atoms in total. The predicted octanol–water partition coefficient (Wildman–Crippen LogP) is 1.28. The highest BCUT2D eigenvalue weighted by Crippen LogP contribution is 2.33. The number of aromatic nitrogens is 1. The van der Waals surface area contributed by atoms with E-state index in [2.05, 4.69) is 36.6 Å². The van der Waals surface area contributed by atoms with Crippen LogP contribution >= 0.6 is 0 Å². The largest absolute Gasteiger partial charge is 0.481 e. The van der Waals surface area contributed by atoms with Crippen molar-refractivity contribution in [2.75, 3.05) is 36.8 Å². The maximum Gasteiger partial charge on any atom is 0.410 e. The number of amides is 7. The molecule has 1 saturated heterocycles. The van der Waals surface area contributed by atoms with Crippen molar-refractivity contribution in [3.63, 3.8) is 0 Å². The zero-order valence-electron chi connectivity index (χ0n) is 46.9. The normalized spacial score (nSPS) is 18.7. The Labute approximate surface area is 487 Å². The number of amidine groups is 1. The zero-order chi connectivity index (χ0) is 62.1. The van der Waals surface area contributed by atoms with Crippen molar-refractivity contribution < 1.29 is 92.8 Å². The van der Waals surface area contributed by atoms with Crippen LogP contribution in [-0.2, 0) is 67.4 Å². The van der Waals surface area contributed by atoms with Crippen LogP contribution in [-0.4, -0.2) is 180 Å². The molecule has 3 aliphatic rings. The molecule has 1 fully saturated rings. The molecule has 0 aliphatic carbocycles. The molecule has 4 heterocycles. The Balaban J connectivity index is 1.12. The van der Waals surface area contributed by atoms with Crippen LogP contribution in [0.5, 0.6) is 5.75 Å². The summed E-state index contributed by atoms with van der Waals surface area (Å²) < 4.78 is 16.7. The van der Waals surface area contributed by atoms with Crippen molar-refractivity contribution in [2.24, 2.45) is 10.7 Å². The quantitative estimate of drug-likeness (QED) is 0.0511. The van der Waals surface area contributed by atoms with Crippen molar-refractivity contribution in [1.82, 2.24) is 30.7 Å². The number of hydrogen-bond donors (Lipinski definition) is 12. The van der Waals surface area contributed by atoms with Gasteiger partial charge in [-0.3, -0.25) is 43.3 Å². The Hall–Kier alpha value is -9.06. The smallest absolute Gasteiger partial charge is 0.410 e. The van der Waals surface area contributed by atoms with E-state index in [4.69, 9.17) is 25.1 Å². The lowest BCUT2D eigenvalue weighted by Gasteiger charge is -2.38. The number of aliphatic carboxylic acids is 3. The van der Waals surface area contributed by atoms with Crippen molar-refractivity contribution in [2.45, 2.75) is 141 Å². The molecular formula is C56H70N10O19. The van der Waals surface area contributed by atoms with Crippen LogP contribution in [0.4, 0.5) is 21.9 Å². The van der Waals surface area contributed by atoms with Gasteiger partial charge in [-0.25, -0.2) is 14.6 Å². The molecule has 29 heteroatoms. The Morgan fingerprint density at radius 2 is 1.51 bits per heavy atom. The standard InChI is InChI=1S/C56H70N10O19/c1-4-18-65(19-5-2)53(79)32-22-30-8-9-31(24-38(30)61-41(57)25-32)50(76)60-34-23-33-27-66(20-16-35(33)59-26-34)56(82)83-28-29-7-12-40(84-55-48(75)46(73)47(74)49(85-55)54(80)81)39(21-29)63-43(68)15-17-58-51(77)36(10-13-44(69)70)64-52(78)37(11-14-45(71)72)62-42(67)6-3/h7-9,12,21-24,26,36-37,46-49,55,73-75H,4-6,10-11,13-20,25,27-28H2,1-3H3,(H2,57,61)(H,58,77)(H,60,76)(H,62,67)(H,63,68)(H,64,78)(H,69,70)(H,71,72)(H,80,81)/t36-,37-,46-,47-,48+,49-,55+/m0/s1. The monoisotopic (exact) mass is 1190 g/mol. The number of hydrogen-bond acceptors (Lipinski definition) is 19. The third kappa shape index (κ3) is 18.2. The SMILES string of the molecule is CCCN(CCC)C(=O)C1=Cc2ccc(C(=O)Nc3cnc4c(c3)CN(C(=O)OCc3ccc(O[C@@H]5O[C@H](C(=O)O)[C@@H](O)[C@H](O)[C@H]5O)c(NC(=O)CCNC(=O)[C@H](CCC(=O)O)NC(=O)[C@H](CCC(=O)O)NC(=O)CC)c3)CC4)cc2N=C(N)C1. The molecule has 3 aliphatic heterocycles. The predicted molar refractivity (Wildman–Crippen MR) is 300 cm³/mol. The summed E-state index contributed by atoms with van der Waals surface area (Å²) in [6.07, 6.45) is -8.04. The van der Waals surface area contributed by atoms with Crippen LogP contribution in [0.2, 0.25) is 0 Å². The number of fused-ring (bicyclic) bond motifs is 2. The molecule has 7 atom stereocenters. The van der Waals surface area contributed by atoms with E-state index in [1.54, 1.807) is 35.2 Å². The highest BCUT2D eigenvalue weighted by molar-refractivity contribution is 6.08. The van der Waals surface area contributed by atoms with Gasteiger partial charge in [-0.15, -0.1) is 0 Å². The number of aliphatic hydroxyl groups excluding tert-OH is 3. The highest BCUT2D eigenvalue weighted by atomic mass is 16.7. The van der Waals surface area contributed by atoms with Gasteiger partial charge in [-0.1, -0.05) is 32.9 Å². The second kappa shape index (κ2) is 30.5. The number of carbonyl (C=O) groups excluding carboxylic acids is 7. The number of aliphatic hydroxyl groups is 3. The third-order valence-electron chi connectivity index (χ3n) is 13.6. The molecule has 0 radical (unpaired) electrons. The number of carbonyl (C=O) groups is 10. The third-order valence-corrected chi connectivity index (χ3v) is 13.6.